The van der Waals surface area contributed by atoms with Crippen LogP contribution in [0.3, 0.4) is 0 Å². The molecule has 1 saturated heterocycles. The summed E-state index contributed by atoms with van der Waals surface area (Å²) in [6, 6.07) is 4.65. The van der Waals surface area contributed by atoms with Crippen molar-refractivity contribution in [1.29, 1.82) is 0 Å². The van der Waals surface area contributed by atoms with Crippen LogP contribution in [0.25, 0.3) is 5.69 Å². The van der Waals surface area contributed by atoms with Gasteiger partial charge in [-0.1, -0.05) is 25.5 Å². The van der Waals surface area contributed by atoms with E-state index < -0.39 is 11.7 Å². The standard InChI is InChI=1S/C23H30F3N3/c1-3-5-9-19(8-4-2)21-11-10-20(14-22(21)23(24,25)26)29-17-18(15-27-29)16-28-12-6-7-13-28/h3,10-11,14-15,17,19H,1,4-9,12-13,16H2,2H3. The summed E-state index contributed by atoms with van der Waals surface area (Å²) in [5.41, 5.74) is 1.32. The van der Waals surface area contributed by atoms with Crippen LogP contribution in [0.4, 0.5) is 13.2 Å². The van der Waals surface area contributed by atoms with Crippen molar-refractivity contribution in [3.63, 3.8) is 0 Å². The Morgan fingerprint density at radius 1 is 1.21 bits per heavy atom. The van der Waals surface area contributed by atoms with Crippen LogP contribution in [0.1, 0.15) is 68.1 Å². The third-order valence-electron chi connectivity index (χ3n) is 5.64. The zero-order valence-corrected chi connectivity index (χ0v) is 17.1. The molecule has 1 aromatic heterocycles. The van der Waals surface area contributed by atoms with Crippen molar-refractivity contribution < 1.29 is 13.2 Å². The van der Waals surface area contributed by atoms with Crippen LogP contribution < -0.4 is 0 Å². The van der Waals surface area contributed by atoms with Crippen molar-refractivity contribution in [1.82, 2.24) is 14.7 Å². The summed E-state index contributed by atoms with van der Waals surface area (Å²) in [6.07, 6.45) is 6.36. The van der Waals surface area contributed by atoms with Crippen LogP contribution in [0.2, 0.25) is 0 Å². The minimum atomic E-state index is -4.39. The second kappa shape index (κ2) is 9.61. The van der Waals surface area contributed by atoms with Crippen LogP contribution in [0, 0.1) is 0 Å². The number of halogens is 3. The van der Waals surface area contributed by atoms with E-state index in [2.05, 4.69) is 16.6 Å². The van der Waals surface area contributed by atoms with Crippen molar-refractivity contribution in [2.75, 3.05) is 13.1 Å². The first-order valence-electron chi connectivity index (χ1n) is 10.5. The molecule has 2 aromatic rings. The number of nitrogens with zero attached hydrogens (tertiary/aromatic N) is 3. The Morgan fingerprint density at radius 3 is 2.62 bits per heavy atom. The van der Waals surface area contributed by atoms with Crippen molar-refractivity contribution >= 4 is 0 Å². The first kappa shape index (κ1) is 21.6. The molecule has 0 spiro atoms. The van der Waals surface area contributed by atoms with E-state index >= 15 is 0 Å². The van der Waals surface area contributed by atoms with Gasteiger partial charge in [-0.05, 0) is 68.8 Å². The Morgan fingerprint density at radius 2 is 1.97 bits per heavy atom. The average molecular weight is 406 g/mol. The van der Waals surface area contributed by atoms with E-state index in [-0.39, 0.29) is 5.92 Å². The number of benzene rings is 1. The second-order valence-electron chi connectivity index (χ2n) is 7.90. The Bertz CT molecular complexity index is 804. The van der Waals surface area contributed by atoms with Crippen LogP contribution in [-0.2, 0) is 12.7 Å². The third kappa shape index (κ3) is 5.50. The first-order chi connectivity index (χ1) is 13.9. The minimum absolute atomic E-state index is 0.118. The lowest BCUT2D eigenvalue weighted by Crippen LogP contribution is -2.17. The summed E-state index contributed by atoms with van der Waals surface area (Å²) in [5, 5.41) is 4.32. The lowest BCUT2D eigenvalue weighted by Gasteiger charge is -2.22. The van der Waals surface area contributed by atoms with Crippen molar-refractivity contribution in [2.24, 2.45) is 0 Å². The number of aromatic nitrogens is 2. The summed E-state index contributed by atoms with van der Waals surface area (Å²) >= 11 is 0. The molecule has 3 nitrogen and oxygen atoms in total. The third-order valence-corrected chi connectivity index (χ3v) is 5.64. The number of hydrogen-bond donors (Lipinski definition) is 0. The zero-order chi connectivity index (χ0) is 20.9. The first-order valence-corrected chi connectivity index (χ1v) is 10.5. The van der Waals surface area contributed by atoms with Crippen LogP contribution >= 0.6 is 0 Å². The monoisotopic (exact) mass is 405 g/mol. The molecule has 3 rings (SSSR count). The molecule has 2 heterocycles. The summed E-state index contributed by atoms with van der Waals surface area (Å²) in [4.78, 5) is 2.35. The van der Waals surface area contributed by atoms with Gasteiger partial charge in [0, 0.05) is 18.3 Å². The molecule has 1 aliphatic heterocycles. The topological polar surface area (TPSA) is 21.1 Å². The van der Waals surface area contributed by atoms with Crippen LogP contribution in [0.5, 0.6) is 0 Å². The zero-order valence-electron chi connectivity index (χ0n) is 17.1. The maximum absolute atomic E-state index is 13.9. The molecule has 1 aliphatic rings. The van der Waals surface area contributed by atoms with Gasteiger partial charge in [0.1, 0.15) is 0 Å². The number of allylic oxidation sites excluding steroid dienone is 1. The van der Waals surface area contributed by atoms with Gasteiger partial charge in [-0.3, -0.25) is 4.90 Å². The van der Waals surface area contributed by atoms with Gasteiger partial charge in [0.25, 0.3) is 0 Å². The fourth-order valence-electron chi connectivity index (χ4n) is 4.19. The molecular formula is C23H30F3N3. The quantitative estimate of drug-likeness (QED) is 0.454. The summed E-state index contributed by atoms with van der Waals surface area (Å²) in [6.45, 7) is 8.66. The molecule has 0 amide bonds. The molecule has 29 heavy (non-hydrogen) atoms. The normalized spacial score (nSPS) is 16.3. The molecule has 0 bridgehead atoms. The highest BCUT2D eigenvalue weighted by atomic mass is 19.4. The van der Waals surface area contributed by atoms with E-state index in [1.165, 1.54) is 18.9 Å². The summed E-state index contributed by atoms with van der Waals surface area (Å²) < 4.78 is 43.2. The van der Waals surface area contributed by atoms with E-state index in [9.17, 15) is 13.2 Å². The Labute approximate surface area is 171 Å². The van der Waals surface area contributed by atoms with Gasteiger partial charge < -0.3 is 0 Å². The molecule has 158 valence electrons. The van der Waals surface area contributed by atoms with Crippen molar-refractivity contribution in [2.45, 2.75) is 64.1 Å². The largest absolute Gasteiger partial charge is 0.416 e. The molecule has 1 atom stereocenters. The lowest BCUT2D eigenvalue weighted by molar-refractivity contribution is -0.138. The van der Waals surface area contributed by atoms with E-state index in [4.69, 9.17) is 0 Å². The minimum Gasteiger partial charge on any atom is -0.299 e. The van der Waals surface area contributed by atoms with Crippen molar-refractivity contribution in [3.05, 3.63) is 59.9 Å². The number of alkyl halides is 3. The highest BCUT2D eigenvalue weighted by Gasteiger charge is 2.35. The van der Waals surface area contributed by atoms with Crippen LogP contribution in [-0.4, -0.2) is 27.8 Å². The number of hydrogen-bond acceptors (Lipinski definition) is 2. The van der Waals surface area contributed by atoms with Gasteiger partial charge in [-0.2, -0.15) is 18.3 Å². The molecular weight excluding hydrogens is 375 g/mol. The molecule has 0 saturated carbocycles. The summed E-state index contributed by atoms with van der Waals surface area (Å²) in [5.74, 6) is -0.118. The molecule has 0 aliphatic carbocycles. The fourth-order valence-corrected chi connectivity index (χ4v) is 4.19. The average Bonchev–Trinajstić information content (AvgIpc) is 3.37. The Hall–Kier alpha value is -2.08. The SMILES string of the molecule is C=CCCC(CCC)c1ccc(-n2cc(CN3CCCC3)cn2)cc1C(F)(F)F. The predicted molar refractivity (Wildman–Crippen MR) is 110 cm³/mol. The van der Waals surface area contributed by atoms with Crippen molar-refractivity contribution in [3.8, 4) is 5.69 Å². The van der Waals surface area contributed by atoms with E-state index in [1.807, 2.05) is 13.1 Å². The second-order valence-corrected chi connectivity index (χ2v) is 7.90. The van der Waals surface area contributed by atoms with Gasteiger partial charge in [0.15, 0.2) is 0 Å². The Balaban J connectivity index is 1.89. The molecule has 1 aromatic carbocycles. The van der Waals surface area contributed by atoms with Crippen LogP contribution in [0.15, 0.2) is 43.2 Å². The highest BCUT2D eigenvalue weighted by molar-refractivity contribution is 5.43. The highest BCUT2D eigenvalue weighted by Crippen LogP contribution is 2.39. The molecule has 1 unspecified atom stereocenters. The van der Waals surface area contributed by atoms with E-state index in [0.29, 0.717) is 24.1 Å². The van der Waals surface area contributed by atoms with Gasteiger partial charge in [0.05, 0.1) is 17.4 Å². The van der Waals surface area contributed by atoms with Gasteiger partial charge in [-0.15, -0.1) is 6.58 Å². The maximum atomic E-state index is 13.9. The molecule has 6 heteroatoms. The number of likely N-dealkylation sites (tertiary alicyclic amines) is 1. The van der Waals surface area contributed by atoms with Gasteiger partial charge in [0.2, 0.25) is 0 Å². The molecule has 0 N–H and O–H groups in total. The lowest BCUT2D eigenvalue weighted by atomic mass is 9.86. The Kier molecular flexibility index (Phi) is 7.17. The maximum Gasteiger partial charge on any atom is 0.416 e. The van der Waals surface area contributed by atoms with E-state index in [0.717, 1.165) is 38.0 Å². The smallest absolute Gasteiger partial charge is 0.299 e. The van der Waals surface area contributed by atoms with Gasteiger partial charge >= 0.3 is 6.18 Å². The fraction of sp³-hybridized carbons (Fsp3) is 0.522. The molecule has 0 radical (unpaired) electrons. The predicted octanol–water partition coefficient (Wildman–Crippen LogP) is 6.34. The molecule has 1 fully saturated rings. The van der Waals surface area contributed by atoms with E-state index in [1.54, 1.807) is 29.1 Å². The van der Waals surface area contributed by atoms with Gasteiger partial charge in [-0.25, -0.2) is 4.68 Å². The number of rotatable bonds is 9. The summed E-state index contributed by atoms with van der Waals surface area (Å²) in [7, 11) is 0.